The number of halogens is 1. The predicted molar refractivity (Wildman–Crippen MR) is 124 cm³/mol. The van der Waals surface area contributed by atoms with Gasteiger partial charge < -0.3 is 14.8 Å². The second-order valence-electron chi connectivity index (χ2n) is 8.06. The van der Waals surface area contributed by atoms with Gasteiger partial charge in [-0.15, -0.1) is 0 Å². The average molecular weight is 520 g/mol. The number of benzene rings is 1. The Labute approximate surface area is 189 Å². The molecule has 1 unspecified atom stereocenters. The number of nitrogens with zero attached hydrogens (tertiary/aromatic N) is 1. The number of esters is 1. The van der Waals surface area contributed by atoms with Crippen LogP contribution in [0.3, 0.4) is 0 Å². The van der Waals surface area contributed by atoms with Crippen LogP contribution < -0.4 is 0 Å². The normalized spacial score (nSPS) is 26.0. The molecule has 4 rings (SSSR count). The standard InChI is InChI=1S/C23H25IN2O4/c1-3-14-8-16-10-23(24,22(29)30-2)21-18(13-26(11-14)12-16)17-9-15(5-7-20(27)28)4-6-19(17)25-21/h4-9,16,25H,3,10-13H2,1-2H3,(H,27,28)/b7-5+/t16-,23+/m1/s1. The Morgan fingerprint density at radius 2 is 2.20 bits per heavy atom. The number of hydrogen-bond donors (Lipinski definition) is 2. The lowest BCUT2D eigenvalue weighted by Gasteiger charge is -2.39. The Morgan fingerprint density at radius 1 is 1.40 bits per heavy atom. The number of methoxy groups -OCH3 is 1. The Balaban J connectivity index is 1.89. The number of aromatic amines is 1. The van der Waals surface area contributed by atoms with Crippen molar-refractivity contribution in [1.82, 2.24) is 9.88 Å². The van der Waals surface area contributed by atoms with E-state index >= 15 is 0 Å². The van der Waals surface area contributed by atoms with E-state index < -0.39 is 9.39 Å². The van der Waals surface area contributed by atoms with Gasteiger partial charge in [-0.2, -0.15) is 0 Å². The third-order valence-corrected chi connectivity index (χ3v) is 7.44. The number of carboxylic acid groups (broad SMARTS) is 1. The molecule has 6 nitrogen and oxygen atoms in total. The lowest BCUT2D eigenvalue weighted by atomic mass is 9.84. The molecule has 1 aromatic carbocycles. The number of carbonyl (C=O) groups is 2. The summed E-state index contributed by atoms with van der Waals surface area (Å²) in [6, 6.07) is 5.83. The summed E-state index contributed by atoms with van der Waals surface area (Å²) < 4.78 is 4.44. The number of ether oxygens (including phenoxy) is 1. The molecule has 0 amide bonds. The van der Waals surface area contributed by atoms with Gasteiger partial charge in [-0.3, -0.25) is 9.69 Å². The van der Waals surface area contributed by atoms with Crippen LogP contribution in [0.1, 0.15) is 36.6 Å². The quantitative estimate of drug-likeness (QED) is 0.207. The smallest absolute Gasteiger partial charge is 0.328 e. The van der Waals surface area contributed by atoms with E-state index in [0.717, 1.165) is 59.9 Å². The molecule has 1 aromatic heterocycles. The Kier molecular flexibility index (Phi) is 5.76. The van der Waals surface area contributed by atoms with Gasteiger partial charge in [0, 0.05) is 42.3 Å². The number of aromatic nitrogens is 1. The predicted octanol–water partition coefficient (Wildman–Crippen LogP) is 4.24. The molecule has 2 aliphatic rings. The molecule has 7 heteroatoms. The van der Waals surface area contributed by atoms with Crippen LogP contribution in [0.2, 0.25) is 0 Å². The highest BCUT2D eigenvalue weighted by Gasteiger charge is 2.46. The first-order valence-electron chi connectivity index (χ1n) is 10.1. The molecule has 2 N–H and O–H groups in total. The lowest BCUT2D eigenvalue weighted by Crippen LogP contribution is -2.43. The van der Waals surface area contributed by atoms with Crippen molar-refractivity contribution in [3.8, 4) is 0 Å². The van der Waals surface area contributed by atoms with Crippen molar-refractivity contribution < 1.29 is 19.4 Å². The van der Waals surface area contributed by atoms with Gasteiger partial charge in [0.1, 0.15) is 0 Å². The Hall–Kier alpha value is -2.13. The molecule has 3 atom stereocenters. The van der Waals surface area contributed by atoms with Gasteiger partial charge in [0.05, 0.1) is 7.11 Å². The highest BCUT2D eigenvalue weighted by atomic mass is 127. The second kappa shape index (κ2) is 8.19. The fraction of sp³-hybridized carbons (Fsp3) is 0.391. The third-order valence-electron chi connectivity index (χ3n) is 6.02. The fourth-order valence-electron chi connectivity index (χ4n) is 4.67. The first-order valence-corrected chi connectivity index (χ1v) is 11.2. The van der Waals surface area contributed by atoms with E-state index in [1.54, 1.807) is 6.08 Å². The summed E-state index contributed by atoms with van der Waals surface area (Å²) in [6.07, 6.45) is 6.75. The van der Waals surface area contributed by atoms with Crippen molar-refractivity contribution in [2.75, 3.05) is 20.2 Å². The fourth-order valence-corrected chi connectivity index (χ4v) is 5.92. The average Bonchev–Trinajstić information content (AvgIpc) is 3.08. The van der Waals surface area contributed by atoms with Crippen LogP contribution >= 0.6 is 22.6 Å². The van der Waals surface area contributed by atoms with Gasteiger partial charge >= 0.3 is 11.9 Å². The summed E-state index contributed by atoms with van der Waals surface area (Å²) in [5.41, 5.74) is 5.15. The summed E-state index contributed by atoms with van der Waals surface area (Å²) in [6.45, 7) is 4.76. The van der Waals surface area contributed by atoms with Crippen molar-refractivity contribution in [2.45, 2.75) is 29.7 Å². The zero-order valence-electron chi connectivity index (χ0n) is 17.1. The number of hydrogen-bond acceptors (Lipinski definition) is 4. The molecule has 0 saturated carbocycles. The zero-order valence-corrected chi connectivity index (χ0v) is 19.2. The molecule has 30 heavy (non-hydrogen) atoms. The molecular formula is C23H25IN2O4. The molecule has 2 bridgehead atoms. The van der Waals surface area contributed by atoms with E-state index in [4.69, 9.17) is 9.84 Å². The van der Waals surface area contributed by atoms with E-state index in [0.29, 0.717) is 12.3 Å². The first-order chi connectivity index (χ1) is 14.3. The number of fused-ring (bicyclic) bond motifs is 5. The molecule has 0 spiro atoms. The molecule has 158 valence electrons. The van der Waals surface area contributed by atoms with E-state index in [9.17, 15) is 9.59 Å². The maximum atomic E-state index is 13.0. The summed E-state index contributed by atoms with van der Waals surface area (Å²) in [5.74, 6) is -0.930. The minimum absolute atomic E-state index is 0.243. The number of carboxylic acids is 1. The molecular weight excluding hydrogens is 495 g/mol. The highest BCUT2D eigenvalue weighted by molar-refractivity contribution is 14.1. The minimum atomic E-state index is -0.977. The van der Waals surface area contributed by atoms with Crippen molar-refractivity contribution in [3.63, 3.8) is 0 Å². The second-order valence-corrected chi connectivity index (χ2v) is 9.90. The minimum Gasteiger partial charge on any atom is -0.478 e. The number of aliphatic carboxylic acids is 1. The van der Waals surface area contributed by atoms with E-state index in [-0.39, 0.29) is 5.97 Å². The molecule has 0 aliphatic carbocycles. The zero-order chi connectivity index (χ0) is 21.5. The van der Waals surface area contributed by atoms with E-state index in [2.05, 4.69) is 45.5 Å². The van der Waals surface area contributed by atoms with Crippen LogP contribution in [0.15, 0.2) is 35.9 Å². The maximum Gasteiger partial charge on any atom is 0.328 e. The summed E-state index contributed by atoms with van der Waals surface area (Å²) in [4.78, 5) is 29.9. The van der Waals surface area contributed by atoms with E-state index in [1.807, 2.05) is 18.2 Å². The van der Waals surface area contributed by atoms with Crippen molar-refractivity contribution in [2.24, 2.45) is 5.92 Å². The summed E-state index contributed by atoms with van der Waals surface area (Å²) in [5, 5.41) is 9.98. The number of alkyl halides is 1. The van der Waals surface area contributed by atoms with Gasteiger partial charge in [-0.1, -0.05) is 47.2 Å². The van der Waals surface area contributed by atoms with Crippen LogP contribution in [0.25, 0.3) is 17.0 Å². The van der Waals surface area contributed by atoms with Crippen molar-refractivity contribution >= 4 is 51.5 Å². The lowest BCUT2D eigenvalue weighted by molar-refractivity contribution is -0.143. The monoisotopic (exact) mass is 520 g/mol. The SMILES string of the molecule is CCC1=C[C@H]2CN(C1)Cc1c([nH]c3ccc(/C=C/C(=O)O)cc13)[C@](I)(C(=O)OC)C2. The number of rotatable bonds is 4. The number of H-pyrrole nitrogens is 1. The molecule has 2 aliphatic heterocycles. The summed E-state index contributed by atoms with van der Waals surface area (Å²) in [7, 11) is 1.44. The van der Waals surface area contributed by atoms with Gasteiger partial charge in [0.15, 0.2) is 3.42 Å². The van der Waals surface area contributed by atoms with Gasteiger partial charge in [0.25, 0.3) is 0 Å². The van der Waals surface area contributed by atoms with Crippen LogP contribution in [0.5, 0.6) is 0 Å². The van der Waals surface area contributed by atoms with Crippen LogP contribution in [0, 0.1) is 5.92 Å². The number of carbonyl (C=O) groups excluding carboxylic acids is 1. The highest BCUT2D eigenvalue weighted by Crippen LogP contribution is 2.46. The van der Waals surface area contributed by atoms with Gasteiger partial charge in [-0.05, 0) is 48.1 Å². The molecule has 3 heterocycles. The Bertz CT molecular complexity index is 1070. The Morgan fingerprint density at radius 3 is 2.90 bits per heavy atom. The molecule has 0 radical (unpaired) electrons. The summed E-state index contributed by atoms with van der Waals surface area (Å²) >= 11 is 2.26. The molecule has 2 aromatic rings. The van der Waals surface area contributed by atoms with Crippen LogP contribution in [-0.2, 0) is 24.3 Å². The maximum absolute atomic E-state index is 13.0. The van der Waals surface area contributed by atoms with E-state index in [1.165, 1.54) is 12.7 Å². The topological polar surface area (TPSA) is 82.6 Å². The van der Waals surface area contributed by atoms with Gasteiger partial charge in [-0.25, -0.2) is 4.79 Å². The molecule has 0 fully saturated rings. The van der Waals surface area contributed by atoms with Crippen molar-refractivity contribution in [1.29, 1.82) is 0 Å². The first kappa shape index (κ1) is 21.1. The third kappa shape index (κ3) is 3.80. The van der Waals surface area contributed by atoms with Crippen LogP contribution in [0.4, 0.5) is 0 Å². The molecule has 0 saturated heterocycles. The van der Waals surface area contributed by atoms with Crippen molar-refractivity contribution in [3.05, 3.63) is 52.7 Å². The van der Waals surface area contributed by atoms with Crippen LogP contribution in [-0.4, -0.2) is 47.1 Å². The number of nitrogens with one attached hydrogen (secondary N) is 1. The van der Waals surface area contributed by atoms with Gasteiger partial charge in [0.2, 0.25) is 0 Å². The largest absolute Gasteiger partial charge is 0.478 e.